The molecule has 47 heavy (non-hydrogen) atoms. The number of amides is 4. The van der Waals surface area contributed by atoms with Crippen molar-refractivity contribution in [3.63, 3.8) is 0 Å². The van der Waals surface area contributed by atoms with Crippen LogP contribution in [0.1, 0.15) is 48.2 Å². The van der Waals surface area contributed by atoms with Gasteiger partial charge in [0.25, 0.3) is 5.91 Å². The highest BCUT2D eigenvalue weighted by Gasteiger charge is 2.35. The molecule has 3 unspecified atom stereocenters. The summed E-state index contributed by atoms with van der Waals surface area (Å²) in [6.45, 7) is 6.07. The van der Waals surface area contributed by atoms with Crippen LogP contribution in [0.5, 0.6) is 0 Å². The van der Waals surface area contributed by atoms with Gasteiger partial charge in [-0.15, -0.1) is 0 Å². The summed E-state index contributed by atoms with van der Waals surface area (Å²) in [5, 5.41) is 10.9. The van der Waals surface area contributed by atoms with Crippen LogP contribution < -0.4 is 26.2 Å². The first kappa shape index (κ1) is 34.8. The van der Waals surface area contributed by atoms with E-state index >= 15 is 0 Å². The van der Waals surface area contributed by atoms with Gasteiger partial charge in [-0.05, 0) is 36.6 Å². The second-order valence-electron chi connectivity index (χ2n) is 11.5. The maximum atomic E-state index is 13.5. The molecule has 1 aliphatic heterocycles. The summed E-state index contributed by atoms with van der Waals surface area (Å²) in [5.41, 5.74) is 0.517. The molecule has 1 aliphatic rings. The van der Waals surface area contributed by atoms with Crippen molar-refractivity contribution in [3.05, 3.63) is 95.7 Å². The van der Waals surface area contributed by atoms with Crippen molar-refractivity contribution in [3.8, 4) is 0 Å². The third-order valence-corrected chi connectivity index (χ3v) is 8.04. The van der Waals surface area contributed by atoms with Gasteiger partial charge in [0.2, 0.25) is 17.7 Å². The molecular formula is C35H42N6O6. The SMILES string of the molecule is CCC(C=O)(CC(=O)NCc1ccccc1)NC(=O)C(C)NC(=O)C(Cc1ccccc1)NC(=O)c1ccc(N2CCOCC2)nc1. The van der Waals surface area contributed by atoms with Gasteiger partial charge in [0, 0.05) is 32.3 Å². The Kier molecular flexibility index (Phi) is 12.6. The Balaban J connectivity index is 1.39. The predicted molar refractivity (Wildman–Crippen MR) is 176 cm³/mol. The van der Waals surface area contributed by atoms with E-state index in [1.165, 1.54) is 13.1 Å². The fourth-order valence-electron chi connectivity index (χ4n) is 5.09. The van der Waals surface area contributed by atoms with Gasteiger partial charge in [-0.2, -0.15) is 0 Å². The summed E-state index contributed by atoms with van der Waals surface area (Å²) in [5.74, 6) is -1.40. The van der Waals surface area contributed by atoms with E-state index in [2.05, 4.69) is 31.2 Å². The summed E-state index contributed by atoms with van der Waals surface area (Å²) >= 11 is 0. The summed E-state index contributed by atoms with van der Waals surface area (Å²) in [4.78, 5) is 71.4. The number of benzene rings is 2. The Morgan fingerprint density at radius 2 is 1.57 bits per heavy atom. The lowest BCUT2D eigenvalue weighted by atomic mass is 9.92. The van der Waals surface area contributed by atoms with Crippen LogP contribution in [0.25, 0.3) is 0 Å². The topological polar surface area (TPSA) is 159 Å². The highest BCUT2D eigenvalue weighted by molar-refractivity contribution is 5.98. The van der Waals surface area contributed by atoms with Crippen molar-refractivity contribution in [2.24, 2.45) is 0 Å². The van der Waals surface area contributed by atoms with E-state index in [-0.39, 0.29) is 31.4 Å². The molecule has 4 rings (SSSR count). The van der Waals surface area contributed by atoms with Gasteiger partial charge in [-0.3, -0.25) is 19.2 Å². The van der Waals surface area contributed by atoms with Crippen LogP contribution in [0, 0.1) is 0 Å². The average Bonchev–Trinajstić information content (AvgIpc) is 3.11. The van der Waals surface area contributed by atoms with Crippen molar-refractivity contribution >= 4 is 35.7 Å². The second kappa shape index (κ2) is 17.0. The zero-order chi connectivity index (χ0) is 33.6. The molecular weight excluding hydrogens is 600 g/mol. The molecule has 0 saturated carbocycles. The normalized spacial score (nSPS) is 15.3. The van der Waals surface area contributed by atoms with Crippen LogP contribution >= 0.6 is 0 Å². The Morgan fingerprint density at radius 3 is 2.17 bits per heavy atom. The molecule has 1 aromatic heterocycles. The molecule has 0 radical (unpaired) electrons. The highest BCUT2D eigenvalue weighted by atomic mass is 16.5. The number of hydrogen-bond acceptors (Lipinski definition) is 8. The molecule has 4 amide bonds. The van der Waals surface area contributed by atoms with Gasteiger partial charge in [0.15, 0.2) is 0 Å². The van der Waals surface area contributed by atoms with Crippen LogP contribution in [0.2, 0.25) is 0 Å². The monoisotopic (exact) mass is 642 g/mol. The van der Waals surface area contributed by atoms with E-state index in [1.807, 2.05) is 60.7 Å². The van der Waals surface area contributed by atoms with Gasteiger partial charge in [-0.1, -0.05) is 67.6 Å². The Morgan fingerprint density at radius 1 is 0.915 bits per heavy atom. The van der Waals surface area contributed by atoms with Gasteiger partial charge in [0.1, 0.15) is 29.7 Å². The summed E-state index contributed by atoms with van der Waals surface area (Å²) in [6, 6.07) is 19.8. The molecule has 0 bridgehead atoms. The van der Waals surface area contributed by atoms with Crippen LogP contribution in [0.4, 0.5) is 5.82 Å². The van der Waals surface area contributed by atoms with Gasteiger partial charge in [-0.25, -0.2) is 4.98 Å². The number of nitrogens with one attached hydrogen (secondary N) is 4. The van der Waals surface area contributed by atoms with Crippen molar-refractivity contribution < 1.29 is 28.7 Å². The highest BCUT2D eigenvalue weighted by Crippen LogP contribution is 2.15. The molecule has 4 N–H and O–H groups in total. The zero-order valence-corrected chi connectivity index (χ0v) is 26.7. The number of carbonyl (C=O) groups is 5. The van der Waals surface area contributed by atoms with Gasteiger partial charge >= 0.3 is 0 Å². The average molecular weight is 643 g/mol. The summed E-state index contributed by atoms with van der Waals surface area (Å²) in [6.07, 6.45) is 2.08. The first-order valence-electron chi connectivity index (χ1n) is 15.7. The summed E-state index contributed by atoms with van der Waals surface area (Å²) < 4.78 is 5.39. The van der Waals surface area contributed by atoms with Crippen molar-refractivity contribution in [1.29, 1.82) is 0 Å². The first-order chi connectivity index (χ1) is 22.7. The number of aromatic nitrogens is 1. The van der Waals surface area contributed by atoms with Crippen molar-refractivity contribution in [2.75, 3.05) is 31.2 Å². The van der Waals surface area contributed by atoms with Gasteiger partial charge < -0.3 is 35.7 Å². The number of ether oxygens (including phenoxy) is 1. The maximum absolute atomic E-state index is 13.5. The molecule has 1 saturated heterocycles. The standard InChI is InChI=1S/C35H42N6O6/c1-3-35(24-42,21-31(43)37-22-27-12-8-5-9-13-27)40-32(44)25(2)38-34(46)29(20-26-10-6-4-7-11-26)39-33(45)28-14-15-30(36-23-28)41-16-18-47-19-17-41/h4-15,23-25,29H,3,16-22H2,1-2H3,(H,37,43)(H,38,46)(H,39,45)(H,40,44). The molecule has 12 heteroatoms. The molecule has 1 fully saturated rings. The number of anilines is 1. The molecule has 0 aliphatic carbocycles. The third kappa shape index (κ3) is 10.2. The number of aldehydes is 1. The quantitative estimate of drug-likeness (QED) is 0.183. The molecule has 2 aromatic carbocycles. The first-order valence-corrected chi connectivity index (χ1v) is 15.7. The third-order valence-electron chi connectivity index (χ3n) is 8.04. The van der Waals surface area contributed by atoms with Crippen LogP contribution in [-0.2, 0) is 36.9 Å². The lowest BCUT2D eigenvalue weighted by Crippen LogP contribution is -2.59. The Bertz CT molecular complexity index is 1500. The van der Waals surface area contributed by atoms with E-state index < -0.39 is 41.3 Å². The number of morpholine rings is 1. The molecule has 0 spiro atoms. The Labute approximate surface area is 274 Å². The van der Waals surface area contributed by atoms with E-state index in [1.54, 1.807) is 19.1 Å². The molecule has 248 valence electrons. The largest absolute Gasteiger partial charge is 0.378 e. The molecule has 3 aromatic rings. The number of rotatable bonds is 15. The van der Waals surface area contributed by atoms with E-state index in [0.717, 1.165) is 16.9 Å². The van der Waals surface area contributed by atoms with Crippen molar-refractivity contribution in [2.45, 2.75) is 57.3 Å². The second-order valence-corrected chi connectivity index (χ2v) is 11.5. The number of nitrogens with zero attached hydrogens (tertiary/aromatic N) is 2. The Hall–Kier alpha value is -5.10. The summed E-state index contributed by atoms with van der Waals surface area (Å²) in [7, 11) is 0. The van der Waals surface area contributed by atoms with Gasteiger partial charge in [0.05, 0.1) is 25.2 Å². The number of carbonyl (C=O) groups excluding carboxylic acids is 5. The minimum Gasteiger partial charge on any atom is -0.378 e. The fourth-order valence-corrected chi connectivity index (χ4v) is 5.09. The van der Waals surface area contributed by atoms with Crippen LogP contribution in [0.3, 0.4) is 0 Å². The van der Waals surface area contributed by atoms with E-state index in [0.29, 0.717) is 32.6 Å². The lowest BCUT2D eigenvalue weighted by Gasteiger charge is -2.29. The lowest BCUT2D eigenvalue weighted by molar-refractivity contribution is -0.133. The molecule has 12 nitrogen and oxygen atoms in total. The molecule has 3 atom stereocenters. The molecule has 2 heterocycles. The predicted octanol–water partition coefficient (Wildman–Crippen LogP) is 1.93. The smallest absolute Gasteiger partial charge is 0.253 e. The maximum Gasteiger partial charge on any atom is 0.253 e. The number of pyridine rings is 1. The van der Waals surface area contributed by atoms with Crippen LogP contribution in [0.15, 0.2) is 79.0 Å². The fraction of sp³-hybridized carbons (Fsp3) is 0.371. The minimum absolute atomic E-state index is 0.159. The minimum atomic E-state index is -1.46. The number of hydrogen-bond donors (Lipinski definition) is 4. The van der Waals surface area contributed by atoms with Crippen molar-refractivity contribution in [1.82, 2.24) is 26.3 Å². The van der Waals surface area contributed by atoms with E-state index in [9.17, 15) is 24.0 Å². The zero-order valence-electron chi connectivity index (χ0n) is 26.7. The van der Waals surface area contributed by atoms with E-state index in [4.69, 9.17) is 4.74 Å². The van der Waals surface area contributed by atoms with Crippen LogP contribution in [-0.4, -0.2) is 78.8 Å².